The zero-order chi connectivity index (χ0) is 12.0. The lowest BCUT2D eigenvalue weighted by molar-refractivity contribution is -0.142. The Morgan fingerprint density at radius 1 is 1.33 bits per heavy atom. The minimum atomic E-state index is -1.11. The molecule has 15 heavy (non-hydrogen) atoms. The largest absolute Gasteiger partial charge is 0.480 e. The number of carboxylic acid groups (broad SMARTS) is 1. The quantitative estimate of drug-likeness (QED) is 0.473. The number of carbonyl (C=O) groups excluding carboxylic acids is 2. The number of nitrogens with two attached hydrogens (primary N) is 1. The molecule has 7 nitrogen and oxygen atoms in total. The third-order valence-electron chi connectivity index (χ3n) is 1.77. The summed E-state index contributed by atoms with van der Waals surface area (Å²) in [6.07, 6.45) is 0.268. The monoisotopic (exact) mass is 217 g/mol. The first-order valence-corrected chi connectivity index (χ1v) is 4.47. The molecule has 0 radical (unpaired) electrons. The standard InChI is InChI=1S/C8H15N3O4/c1-3-5(7(13)14)11-6(12)4(2)10-8(9)15/h4-5H,3H2,1-2H3,(H,11,12)(H,13,14)(H3,9,10,15). The molecule has 0 aromatic rings. The summed E-state index contributed by atoms with van der Waals surface area (Å²) < 4.78 is 0. The molecule has 0 aliphatic rings. The van der Waals surface area contributed by atoms with Gasteiger partial charge in [0.25, 0.3) is 0 Å². The molecule has 0 aliphatic carbocycles. The van der Waals surface area contributed by atoms with Crippen molar-refractivity contribution in [3.63, 3.8) is 0 Å². The fourth-order valence-corrected chi connectivity index (χ4v) is 0.914. The molecule has 0 aromatic carbocycles. The van der Waals surface area contributed by atoms with E-state index in [2.05, 4.69) is 10.6 Å². The Morgan fingerprint density at radius 3 is 2.20 bits per heavy atom. The lowest BCUT2D eigenvalue weighted by Crippen LogP contribution is -2.51. The van der Waals surface area contributed by atoms with Gasteiger partial charge in [-0.2, -0.15) is 0 Å². The molecule has 0 bridgehead atoms. The van der Waals surface area contributed by atoms with Gasteiger partial charge < -0.3 is 21.5 Å². The zero-order valence-electron chi connectivity index (χ0n) is 8.61. The van der Waals surface area contributed by atoms with Crippen molar-refractivity contribution >= 4 is 17.9 Å². The van der Waals surface area contributed by atoms with E-state index in [-0.39, 0.29) is 6.42 Å². The number of nitrogens with one attached hydrogen (secondary N) is 2. The van der Waals surface area contributed by atoms with E-state index in [1.807, 2.05) is 0 Å². The third kappa shape index (κ3) is 4.84. The lowest BCUT2D eigenvalue weighted by Gasteiger charge is -2.16. The number of carboxylic acids is 1. The highest BCUT2D eigenvalue weighted by molar-refractivity contribution is 5.89. The van der Waals surface area contributed by atoms with Crippen molar-refractivity contribution < 1.29 is 19.5 Å². The van der Waals surface area contributed by atoms with Gasteiger partial charge >= 0.3 is 12.0 Å². The van der Waals surface area contributed by atoms with Crippen LogP contribution in [0.2, 0.25) is 0 Å². The SMILES string of the molecule is CCC(NC(=O)C(C)NC(N)=O)C(=O)O. The molecule has 7 heteroatoms. The summed E-state index contributed by atoms with van der Waals surface area (Å²) in [5, 5.41) is 13.1. The molecule has 0 spiro atoms. The summed E-state index contributed by atoms with van der Waals surface area (Å²) in [6.45, 7) is 3.04. The number of hydrogen-bond donors (Lipinski definition) is 4. The lowest BCUT2D eigenvalue weighted by atomic mass is 10.2. The van der Waals surface area contributed by atoms with Crippen LogP contribution in [0, 0.1) is 0 Å². The molecule has 0 saturated heterocycles. The first-order chi connectivity index (χ1) is 6.88. The second kappa shape index (κ2) is 5.84. The molecule has 0 heterocycles. The molecule has 0 rings (SSSR count). The van der Waals surface area contributed by atoms with Crippen LogP contribution in [-0.4, -0.2) is 35.1 Å². The van der Waals surface area contributed by atoms with Gasteiger partial charge in [-0.15, -0.1) is 0 Å². The predicted octanol–water partition coefficient (Wildman–Crippen LogP) is -0.977. The maximum absolute atomic E-state index is 11.3. The van der Waals surface area contributed by atoms with Crippen LogP contribution in [0.4, 0.5) is 4.79 Å². The average molecular weight is 217 g/mol. The Hall–Kier alpha value is -1.79. The number of carbonyl (C=O) groups is 3. The summed E-state index contributed by atoms with van der Waals surface area (Å²) in [5.74, 6) is -1.69. The minimum absolute atomic E-state index is 0.268. The van der Waals surface area contributed by atoms with Crippen LogP contribution in [0.5, 0.6) is 0 Å². The smallest absolute Gasteiger partial charge is 0.326 e. The molecule has 2 atom stereocenters. The van der Waals surface area contributed by atoms with Gasteiger partial charge in [0.05, 0.1) is 0 Å². The van der Waals surface area contributed by atoms with Gasteiger partial charge in [0.15, 0.2) is 0 Å². The molecule has 86 valence electrons. The molecular weight excluding hydrogens is 202 g/mol. The van der Waals surface area contributed by atoms with Crippen LogP contribution in [0.1, 0.15) is 20.3 Å². The zero-order valence-corrected chi connectivity index (χ0v) is 8.61. The summed E-state index contributed by atoms with van der Waals surface area (Å²) in [4.78, 5) is 32.3. The van der Waals surface area contributed by atoms with Gasteiger partial charge in [0, 0.05) is 0 Å². The summed E-state index contributed by atoms with van der Waals surface area (Å²) in [7, 11) is 0. The van der Waals surface area contributed by atoms with E-state index < -0.39 is 30.0 Å². The fraction of sp³-hybridized carbons (Fsp3) is 0.625. The van der Waals surface area contributed by atoms with Gasteiger partial charge in [-0.1, -0.05) is 6.92 Å². The fourth-order valence-electron chi connectivity index (χ4n) is 0.914. The molecular formula is C8H15N3O4. The van der Waals surface area contributed by atoms with Crippen LogP contribution in [-0.2, 0) is 9.59 Å². The van der Waals surface area contributed by atoms with Gasteiger partial charge in [-0.3, -0.25) is 4.79 Å². The van der Waals surface area contributed by atoms with Gasteiger partial charge in [-0.05, 0) is 13.3 Å². The maximum Gasteiger partial charge on any atom is 0.326 e. The van der Waals surface area contributed by atoms with E-state index in [1.165, 1.54) is 6.92 Å². The van der Waals surface area contributed by atoms with Crippen molar-refractivity contribution in [1.29, 1.82) is 0 Å². The first kappa shape index (κ1) is 13.2. The molecule has 0 saturated carbocycles. The van der Waals surface area contributed by atoms with Crippen molar-refractivity contribution in [2.45, 2.75) is 32.4 Å². The topological polar surface area (TPSA) is 122 Å². The Morgan fingerprint density at radius 2 is 1.87 bits per heavy atom. The highest BCUT2D eigenvalue weighted by Gasteiger charge is 2.21. The van der Waals surface area contributed by atoms with E-state index in [4.69, 9.17) is 10.8 Å². The number of hydrogen-bond acceptors (Lipinski definition) is 3. The molecule has 3 amide bonds. The highest BCUT2D eigenvalue weighted by Crippen LogP contribution is 1.92. The van der Waals surface area contributed by atoms with Crippen LogP contribution in [0.3, 0.4) is 0 Å². The first-order valence-electron chi connectivity index (χ1n) is 4.47. The summed E-state index contributed by atoms with van der Waals surface area (Å²) in [6, 6.07) is -2.63. The average Bonchev–Trinajstić information content (AvgIpc) is 2.11. The number of aliphatic carboxylic acids is 1. The van der Waals surface area contributed by atoms with E-state index in [0.29, 0.717) is 0 Å². The molecule has 5 N–H and O–H groups in total. The highest BCUT2D eigenvalue weighted by atomic mass is 16.4. The summed E-state index contributed by atoms with van der Waals surface area (Å²) in [5.41, 5.74) is 4.81. The number of amides is 3. The van der Waals surface area contributed by atoms with Crippen molar-refractivity contribution in [3.05, 3.63) is 0 Å². The number of primary amides is 1. The van der Waals surface area contributed by atoms with Crippen molar-refractivity contribution in [3.8, 4) is 0 Å². The normalized spacial score (nSPS) is 13.7. The molecule has 0 aromatic heterocycles. The van der Waals surface area contributed by atoms with E-state index in [9.17, 15) is 14.4 Å². The van der Waals surface area contributed by atoms with E-state index >= 15 is 0 Å². The second-order valence-corrected chi connectivity index (χ2v) is 3.04. The Labute approximate surface area is 87.0 Å². The van der Waals surface area contributed by atoms with Crippen molar-refractivity contribution in [1.82, 2.24) is 10.6 Å². The number of urea groups is 1. The minimum Gasteiger partial charge on any atom is -0.480 e. The maximum atomic E-state index is 11.3. The second-order valence-electron chi connectivity index (χ2n) is 3.04. The Bertz CT molecular complexity index is 267. The molecule has 2 unspecified atom stereocenters. The van der Waals surface area contributed by atoms with Crippen LogP contribution >= 0.6 is 0 Å². The van der Waals surface area contributed by atoms with Crippen LogP contribution in [0.15, 0.2) is 0 Å². The summed E-state index contributed by atoms with van der Waals surface area (Å²) >= 11 is 0. The Balaban J connectivity index is 4.21. The predicted molar refractivity (Wildman–Crippen MR) is 52.0 cm³/mol. The third-order valence-corrected chi connectivity index (χ3v) is 1.77. The van der Waals surface area contributed by atoms with Crippen molar-refractivity contribution in [2.75, 3.05) is 0 Å². The van der Waals surface area contributed by atoms with E-state index in [1.54, 1.807) is 6.92 Å². The van der Waals surface area contributed by atoms with Crippen LogP contribution < -0.4 is 16.4 Å². The van der Waals surface area contributed by atoms with E-state index in [0.717, 1.165) is 0 Å². The van der Waals surface area contributed by atoms with Crippen molar-refractivity contribution in [2.24, 2.45) is 5.73 Å². The number of rotatable bonds is 5. The van der Waals surface area contributed by atoms with Crippen LogP contribution in [0.25, 0.3) is 0 Å². The van der Waals surface area contributed by atoms with Gasteiger partial charge in [-0.25, -0.2) is 9.59 Å². The van der Waals surface area contributed by atoms with Gasteiger partial charge in [0.1, 0.15) is 12.1 Å². The molecule has 0 aliphatic heterocycles. The van der Waals surface area contributed by atoms with Gasteiger partial charge in [0.2, 0.25) is 5.91 Å². The Kier molecular flexibility index (Phi) is 5.14. The molecule has 0 fully saturated rings.